The summed E-state index contributed by atoms with van der Waals surface area (Å²) in [6, 6.07) is 6.73. The molecular formula is C12H13BrN2O2S2. The van der Waals surface area contributed by atoms with E-state index in [-0.39, 0.29) is 4.90 Å². The monoisotopic (exact) mass is 360 g/mol. The van der Waals surface area contributed by atoms with Gasteiger partial charge in [0.1, 0.15) is 4.90 Å². The molecule has 0 spiro atoms. The summed E-state index contributed by atoms with van der Waals surface area (Å²) >= 11 is 4.68. The maximum atomic E-state index is 12.3. The number of benzene rings is 1. The molecule has 0 saturated heterocycles. The first-order chi connectivity index (χ1) is 8.79. The Morgan fingerprint density at radius 3 is 2.53 bits per heavy atom. The fourth-order valence-electron chi connectivity index (χ4n) is 1.65. The molecule has 19 heavy (non-hydrogen) atoms. The van der Waals surface area contributed by atoms with E-state index in [1.54, 1.807) is 31.2 Å². The molecule has 0 atom stereocenters. The molecule has 0 aliphatic heterocycles. The Bertz CT molecular complexity index is 723. The quantitative estimate of drug-likeness (QED) is 0.822. The van der Waals surface area contributed by atoms with E-state index in [1.807, 2.05) is 6.92 Å². The summed E-state index contributed by atoms with van der Waals surface area (Å²) in [6.07, 6.45) is 0. The number of hydrogen-bond donors (Lipinski definition) is 2. The van der Waals surface area contributed by atoms with E-state index in [0.29, 0.717) is 11.4 Å². The number of nitrogens with two attached hydrogens (primary N) is 1. The molecule has 0 radical (unpaired) electrons. The van der Waals surface area contributed by atoms with Crippen molar-refractivity contribution in [2.24, 2.45) is 0 Å². The van der Waals surface area contributed by atoms with E-state index >= 15 is 0 Å². The summed E-state index contributed by atoms with van der Waals surface area (Å²) in [6.45, 7) is 3.60. The van der Waals surface area contributed by atoms with Crippen LogP contribution in [0.4, 0.5) is 11.4 Å². The normalized spacial score (nSPS) is 11.5. The SMILES string of the molecule is Cc1ccc(N)cc1NS(=O)(=O)c1cc(Br)sc1C. The van der Waals surface area contributed by atoms with E-state index < -0.39 is 10.0 Å². The molecule has 0 bridgehead atoms. The van der Waals surface area contributed by atoms with Crippen molar-refractivity contribution in [3.8, 4) is 0 Å². The van der Waals surface area contributed by atoms with Gasteiger partial charge in [-0.15, -0.1) is 11.3 Å². The van der Waals surface area contributed by atoms with Crippen molar-refractivity contribution in [2.75, 3.05) is 10.5 Å². The lowest BCUT2D eigenvalue weighted by molar-refractivity contribution is 0.601. The highest BCUT2D eigenvalue weighted by atomic mass is 79.9. The van der Waals surface area contributed by atoms with Crippen LogP contribution in [0.25, 0.3) is 0 Å². The predicted molar refractivity (Wildman–Crippen MR) is 83.2 cm³/mol. The van der Waals surface area contributed by atoms with Gasteiger partial charge in [-0.05, 0) is 53.5 Å². The Hall–Kier alpha value is -1.05. The number of halogens is 1. The Morgan fingerprint density at radius 1 is 1.26 bits per heavy atom. The molecule has 0 aliphatic rings. The van der Waals surface area contributed by atoms with Gasteiger partial charge in [-0.2, -0.15) is 0 Å². The summed E-state index contributed by atoms with van der Waals surface area (Å²) in [4.78, 5) is 1.02. The molecule has 0 aliphatic carbocycles. The van der Waals surface area contributed by atoms with Crippen LogP contribution in [0.15, 0.2) is 32.9 Å². The Balaban J connectivity index is 2.42. The molecule has 7 heteroatoms. The van der Waals surface area contributed by atoms with E-state index in [0.717, 1.165) is 14.2 Å². The highest BCUT2D eigenvalue weighted by Crippen LogP contribution is 2.31. The third-order valence-electron chi connectivity index (χ3n) is 2.64. The van der Waals surface area contributed by atoms with Gasteiger partial charge < -0.3 is 5.73 Å². The molecule has 3 N–H and O–H groups in total. The van der Waals surface area contributed by atoms with Gasteiger partial charge in [0, 0.05) is 10.6 Å². The zero-order valence-electron chi connectivity index (χ0n) is 10.4. The number of nitrogens with one attached hydrogen (secondary N) is 1. The van der Waals surface area contributed by atoms with Crippen LogP contribution in [0.3, 0.4) is 0 Å². The van der Waals surface area contributed by atoms with E-state index in [1.165, 1.54) is 11.3 Å². The van der Waals surface area contributed by atoms with Crippen molar-refractivity contribution >= 4 is 48.7 Å². The minimum Gasteiger partial charge on any atom is -0.399 e. The van der Waals surface area contributed by atoms with Crippen LogP contribution in [0.5, 0.6) is 0 Å². The number of sulfonamides is 1. The maximum Gasteiger partial charge on any atom is 0.263 e. The summed E-state index contributed by atoms with van der Waals surface area (Å²) in [7, 11) is -3.59. The molecule has 2 aromatic rings. The number of rotatable bonds is 3. The second-order valence-electron chi connectivity index (χ2n) is 4.15. The average Bonchev–Trinajstić information content (AvgIpc) is 2.63. The van der Waals surface area contributed by atoms with Crippen molar-refractivity contribution in [3.05, 3.63) is 38.5 Å². The zero-order chi connectivity index (χ0) is 14.2. The minimum atomic E-state index is -3.59. The standard InChI is InChI=1S/C12H13BrN2O2S2/c1-7-3-4-9(14)5-10(7)15-19(16,17)11-6-12(13)18-8(11)2/h3-6,15H,14H2,1-2H3. The highest BCUT2D eigenvalue weighted by molar-refractivity contribution is 9.11. The average molecular weight is 361 g/mol. The van der Waals surface area contributed by atoms with Gasteiger partial charge in [-0.3, -0.25) is 4.72 Å². The summed E-state index contributed by atoms with van der Waals surface area (Å²) < 4.78 is 28.0. The molecule has 2 rings (SSSR count). The Kier molecular flexibility index (Phi) is 3.89. The van der Waals surface area contributed by atoms with Crippen molar-refractivity contribution in [3.63, 3.8) is 0 Å². The van der Waals surface area contributed by atoms with E-state index in [4.69, 9.17) is 5.73 Å². The van der Waals surface area contributed by atoms with Crippen molar-refractivity contribution in [1.82, 2.24) is 0 Å². The van der Waals surface area contributed by atoms with Crippen LogP contribution in [0.2, 0.25) is 0 Å². The molecule has 1 aromatic carbocycles. The fourth-order valence-corrected chi connectivity index (χ4v) is 5.18. The van der Waals surface area contributed by atoms with Crippen LogP contribution in [-0.4, -0.2) is 8.42 Å². The van der Waals surface area contributed by atoms with E-state index in [9.17, 15) is 8.42 Å². The van der Waals surface area contributed by atoms with Gasteiger partial charge >= 0.3 is 0 Å². The van der Waals surface area contributed by atoms with Crippen molar-refractivity contribution in [1.29, 1.82) is 0 Å². The summed E-state index contributed by atoms with van der Waals surface area (Å²) in [5.74, 6) is 0. The van der Waals surface area contributed by atoms with Gasteiger partial charge in [0.2, 0.25) is 0 Å². The van der Waals surface area contributed by atoms with Crippen molar-refractivity contribution in [2.45, 2.75) is 18.7 Å². The number of hydrogen-bond acceptors (Lipinski definition) is 4. The summed E-state index contributed by atoms with van der Waals surface area (Å²) in [5, 5.41) is 0. The molecule has 0 saturated carbocycles. The second kappa shape index (κ2) is 5.15. The number of nitrogen functional groups attached to an aromatic ring is 1. The van der Waals surface area contributed by atoms with Crippen LogP contribution in [0, 0.1) is 13.8 Å². The van der Waals surface area contributed by atoms with Gasteiger partial charge in [-0.25, -0.2) is 8.42 Å². The largest absolute Gasteiger partial charge is 0.399 e. The topological polar surface area (TPSA) is 72.2 Å². The van der Waals surface area contributed by atoms with Crippen LogP contribution in [-0.2, 0) is 10.0 Å². The number of thiophene rings is 1. The lowest BCUT2D eigenvalue weighted by atomic mass is 10.2. The maximum absolute atomic E-state index is 12.3. The van der Waals surface area contributed by atoms with Gasteiger partial charge in [0.25, 0.3) is 10.0 Å². The Labute approximate surface area is 124 Å². The molecule has 0 fully saturated rings. The molecule has 4 nitrogen and oxygen atoms in total. The zero-order valence-corrected chi connectivity index (χ0v) is 13.6. The predicted octanol–water partition coefficient (Wildman–Crippen LogP) is 3.51. The molecular weight excluding hydrogens is 348 g/mol. The highest BCUT2D eigenvalue weighted by Gasteiger charge is 2.20. The molecule has 0 amide bonds. The van der Waals surface area contributed by atoms with E-state index in [2.05, 4.69) is 20.7 Å². The smallest absolute Gasteiger partial charge is 0.263 e. The molecule has 1 aromatic heterocycles. The van der Waals surface area contributed by atoms with Gasteiger partial charge in [0.15, 0.2) is 0 Å². The Morgan fingerprint density at radius 2 is 1.95 bits per heavy atom. The second-order valence-corrected chi connectivity index (χ2v) is 8.44. The molecule has 1 heterocycles. The van der Waals surface area contributed by atoms with Gasteiger partial charge in [0.05, 0.1) is 9.47 Å². The number of aryl methyl sites for hydroxylation is 2. The number of anilines is 2. The minimum absolute atomic E-state index is 0.284. The lowest BCUT2D eigenvalue weighted by Gasteiger charge is -2.10. The third kappa shape index (κ3) is 3.10. The first-order valence-electron chi connectivity index (χ1n) is 5.44. The van der Waals surface area contributed by atoms with Gasteiger partial charge in [-0.1, -0.05) is 6.07 Å². The lowest BCUT2D eigenvalue weighted by Crippen LogP contribution is -2.14. The first-order valence-corrected chi connectivity index (χ1v) is 8.54. The third-order valence-corrected chi connectivity index (χ3v) is 5.81. The van der Waals surface area contributed by atoms with Crippen LogP contribution >= 0.6 is 27.3 Å². The fraction of sp³-hybridized carbons (Fsp3) is 0.167. The van der Waals surface area contributed by atoms with Crippen LogP contribution < -0.4 is 10.5 Å². The summed E-state index contributed by atoms with van der Waals surface area (Å²) in [5.41, 5.74) is 7.52. The first kappa shape index (κ1) is 14.4. The van der Waals surface area contributed by atoms with Crippen LogP contribution in [0.1, 0.15) is 10.4 Å². The molecule has 0 unspecified atom stereocenters. The molecule has 102 valence electrons. The van der Waals surface area contributed by atoms with Crippen molar-refractivity contribution < 1.29 is 8.42 Å².